The summed E-state index contributed by atoms with van der Waals surface area (Å²) in [7, 11) is 0. The molecular formula is C18H25F2NO. The van der Waals surface area contributed by atoms with Crippen LogP contribution in [0.3, 0.4) is 0 Å². The maximum absolute atomic E-state index is 12.6. The molecule has 2 N–H and O–H groups in total. The summed E-state index contributed by atoms with van der Waals surface area (Å²) in [6.07, 6.45) is 2.09. The molecule has 0 amide bonds. The molecule has 0 aliphatic carbocycles. The first kappa shape index (κ1) is 17.1. The van der Waals surface area contributed by atoms with Gasteiger partial charge in [-0.25, -0.2) is 8.78 Å². The Morgan fingerprint density at radius 1 is 1.36 bits per heavy atom. The lowest BCUT2D eigenvalue weighted by Crippen LogP contribution is -2.27. The lowest BCUT2D eigenvalue weighted by molar-refractivity contribution is 0.138. The van der Waals surface area contributed by atoms with Gasteiger partial charge in [0.1, 0.15) is 0 Å². The summed E-state index contributed by atoms with van der Waals surface area (Å²) in [4.78, 5) is 0. The van der Waals surface area contributed by atoms with Gasteiger partial charge in [0.25, 0.3) is 0 Å². The van der Waals surface area contributed by atoms with Gasteiger partial charge in [0.2, 0.25) is 6.43 Å². The molecule has 0 spiro atoms. The third kappa shape index (κ3) is 4.89. The molecule has 22 heavy (non-hydrogen) atoms. The first-order valence-electron chi connectivity index (χ1n) is 8.00. The summed E-state index contributed by atoms with van der Waals surface area (Å²) in [5.41, 5.74) is 4.11. The Bertz CT molecular complexity index is 508. The van der Waals surface area contributed by atoms with E-state index in [9.17, 15) is 8.78 Å². The van der Waals surface area contributed by atoms with Crippen LogP contribution in [0, 0.1) is 0 Å². The number of aryl methyl sites for hydroxylation is 1. The largest absolute Gasteiger partial charge is 0.392 e. The van der Waals surface area contributed by atoms with E-state index < -0.39 is 6.43 Å². The molecule has 1 aromatic carbocycles. The van der Waals surface area contributed by atoms with Crippen molar-refractivity contribution in [2.24, 2.45) is 0 Å². The number of alkyl halides is 2. The van der Waals surface area contributed by atoms with Crippen LogP contribution in [0.25, 0.3) is 6.08 Å². The Kier molecular flexibility index (Phi) is 6.52. The number of piperidine rings is 1. The quantitative estimate of drug-likeness (QED) is 0.839. The number of rotatable bonds is 6. The molecule has 0 radical (unpaired) electrons. The molecule has 1 fully saturated rings. The minimum absolute atomic E-state index is 0.0163. The van der Waals surface area contributed by atoms with E-state index in [1.807, 2.05) is 25.1 Å². The molecular weight excluding hydrogens is 284 g/mol. The predicted molar refractivity (Wildman–Crippen MR) is 86.3 cm³/mol. The van der Waals surface area contributed by atoms with Crippen LogP contribution in [0.1, 0.15) is 48.8 Å². The average Bonchev–Trinajstić information content (AvgIpc) is 2.53. The van der Waals surface area contributed by atoms with Crippen molar-refractivity contribution in [1.82, 2.24) is 5.32 Å². The van der Waals surface area contributed by atoms with Crippen LogP contribution in [0.15, 0.2) is 23.8 Å². The van der Waals surface area contributed by atoms with Gasteiger partial charge >= 0.3 is 0 Å². The summed E-state index contributed by atoms with van der Waals surface area (Å²) in [6.45, 7) is 3.86. The maximum Gasteiger partial charge on any atom is 0.239 e. The van der Waals surface area contributed by atoms with E-state index in [0.29, 0.717) is 12.3 Å². The van der Waals surface area contributed by atoms with E-state index in [1.54, 1.807) is 0 Å². The molecule has 122 valence electrons. The van der Waals surface area contributed by atoms with Crippen molar-refractivity contribution in [1.29, 1.82) is 0 Å². The van der Waals surface area contributed by atoms with Gasteiger partial charge < -0.3 is 10.4 Å². The number of hydrogen-bond acceptors (Lipinski definition) is 2. The number of aliphatic hydroxyl groups excluding tert-OH is 1. The highest BCUT2D eigenvalue weighted by atomic mass is 19.3. The monoisotopic (exact) mass is 309 g/mol. The van der Waals surface area contributed by atoms with Gasteiger partial charge in [0.15, 0.2) is 0 Å². The molecule has 1 aromatic rings. The van der Waals surface area contributed by atoms with E-state index in [0.717, 1.165) is 42.6 Å². The lowest BCUT2D eigenvalue weighted by atomic mass is 9.85. The Morgan fingerprint density at radius 3 is 2.73 bits per heavy atom. The van der Waals surface area contributed by atoms with E-state index in [1.165, 1.54) is 5.56 Å². The molecule has 0 unspecified atom stereocenters. The Hall–Kier alpha value is -1.26. The molecule has 2 rings (SSSR count). The second-order valence-electron chi connectivity index (χ2n) is 6.06. The van der Waals surface area contributed by atoms with Gasteiger partial charge in [-0.3, -0.25) is 0 Å². The van der Waals surface area contributed by atoms with Crippen LogP contribution in [0.4, 0.5) is 8.78 Å². The second-order valence-corrected chi connectivity index (χ2v) is 6.06. The normalized spacial score (nSPS) is 17.2. The fourth-order valence-corrected chi connectivity index (χ4v) is 3.06. The first-order chi connectivity index (χ1) is 10.6. The smallest absolute Gasteiger partial charge is 0.239 e. The highest BCUT2D eigenvalue weighted by Gasteiger charge is 2.19. The van der Waals surface area contributed by atoms with Crippen LogP contribution in [-0.2, 0) is 6.42 Å². The van der Waals surface area contributed by atoms with Crippen molar-refractivity contribution in [3.05, 3.63) is 40.5 Å². The van der Waals surface area contributed by atoms with E-state index in [2.05, 4.69) is 11.4 Å². The Morgan fingerprint density at radius 2 is 2.09 bits per heavy atom. The third-order valence-electron chi connectivity index (χ3n) is 4.24. The highest BCUT2D eigenvalue weighted by molar-refractivity contribution is 5.55. The molecule has 1 aliphatic heterocycles. The van der Waals surface area contributed by atoms with Crippen molar-refractivity contribution in [3.63, 3.8) is 0 Å². The summed E-state index contributed by atoms with van der Waals surface area (Å²) in [6, 6.07) is 6.13. The fraction of sp³-hybridized carbons (Fsp3) is 0.556. The maximum atomic E-state index is 12.6. The molecule has 0 bridgehead atoms. The number of hydrogen-bond donors (Lipinski definition) is 2. The molecule has 0 aromatic heterocycles. The summed E-state index contributed by atoms with van der Waals surface area (Å²) in [5, 5.41) is 12.5. The molecule has 1 heterocycles. The minimum atomic E-state index is -2.26. The number of halogens is 2. The second kappa shape index (κ2) is 8.39. The third-order valence-corrected chi connectivity index (χ3v) is 4.24. The summed E-state index contributed by atoms with van der Waals surface area (Å²) < 4.78 is 25.2. The zero-order chi connectivity index (χ0) is 15.9. The van der Waals surface area contributed by atoms with Crippen LogP contribution < -0.4 is 5.32 Å². The minimum Gasteiger partial charge on any atom is -0.392 e. The number of benzene rings is 1. The Balaban J connectivity index is 2.26. The summed E-state index contributed by atoms with van der Waals surface area (Å²) >= 11 is 0. The van der Waals surface area contributed by atoms with E-state index in [4.69, 9.17) is 5.11 Å². The van der Waals surface area contributed by atoms with Gasteiger partial charge in [0, 0.05) is 6.42 Å². The number of aliphatic hydroxyl groups is 1. The average molecular weight is 309 g/mol. The van der Waals surface area contributed by atoms with Gasteiger partial charge in [-0.2, -0.15) is 0 Å². The molecule has 2 nitrogen and oxygen atoms in total. The van der Waals surface area contributed by atoms with Crippen molar-refractivity contribution in [3.8, 4) is 0 Å². The van der Waals surface area contributed by atoms with Crippen molar-refractivity contribution in [2.45, 2.75) is 45.0 Å². The van der Waals surface area contributed by atoms with Crippen LogP contribution in [0.5, 0.6) is 0 Å². The molecule has 0 saturated carbocycles. The van der Waals surface area contributed by atoms with Crippen LogP contribution in [-0.4, -0.2) is 31.2 Å². The SMILES string of the molecule is C/C(=C\c1ccc(C2CCNCC2)c(CCC(F)F)c1)CO. The first-order valence-corrected chi connectivity index (χ1v) is 8.00. The Labute approximate surface area is 131 Å². The van der Waals surface area contributed by atoms with E-state index >= 15 is 0 Å². The van der Waals surface area contributed by atoms with E-state index in [-0.39, 0.29) is 13.0 Å². The molecule has 4 heteroatoms. The van der Waals surface area contributed by atoms with Gasteiger partial charge in [-0.15, -0.1) is 0 Å². The molecule has 1 aliphatic rings. The lowest BCUT2D eigenvalue weighted by Gasteiger charge is -2.25. The summed E-state index contributed by atoms with van der Waals surface area (Å²) in [5.74, 6) is 0.464. The highest BCUT2D eigenvalue weighted by Crippen LogP contribution is 2.30. The topological polar surface area (TPSA) is 32.3 Å². The van der Waals surface area contributed by atoms with Crippen LogP contribution >= 0.6 is 0 Å². The van der Waals surface area contributed by atoms with Crippen molar-refractivity contribution >= 4 is 6.08 Å². The zero-order valence-electron chi connectivity index (χ0n) is 13.1. The standard InChI is InChI=1S/C18H25F2NO/c1-13(12-22)10-14-2-4-17(15-6-8-21-9-7-15)16(11-14)3-5-18(19)20/h2,4,10-11,15,18,21-22H,3,5-9,12H2,1H3/b13-10+. The molecule has 1 saturated heterocycles. The van der Waals surface area contributed by atoms with Gasteiger partial charge in [0.05, 0.1) is 6.61 Å². The fourth-order valence-electron chi connectivity index (χ4n) is 3.06. The van der Waals surface area contributed by atoms with Crippen molar-refractivity contribution < 1.29 is 13.9 Å². The van der Waals surface area contributed by atoms with Gasteiger partial charge in [-0.1, -0.05) is 24.3 Å². The number of nitrogens with one attached hydrogen (secondary N) is 1. The van der Waals surface area contributed by atoms with Crippen LogP contribution in [0.2, 0.25) is 0 Å². The van der Waals surface area contributed by atoms with Crippen molar-refractivity contribution in [2.75, 3.05) is 19.7 Å². The zero-order valence-corrected chi connectivity index (χ0v) is 13.1. The molecule has 0 atom stereocenters. The van der Waals surface area contributed by atoms with Gasteiger partial charge in [-0.05, 0) is 67.5 Å². The predicted octanol–water partition coefficient (Wildman–Crippen LogP) is 3.75.